The molecule has 0 N–H and O–H groups in total. The second-order valence-electron chi connectivity index (χ2n) is 3.58. The fourth-order valence-electron chi connectivity index (χ4n) is 1.42. The minimum atomic E-state index is -0.976. The average Bonchev–Trinajstić information content (AvgIpc) is 2.84. The second kappa shape index (κ2) is 5.30. The molecule has 6 nitrogen and oxygen atoms in total. The van der Waals surface area contributed by atoms with Gasteiger partial charge >= 0.3 is 5.69 Å². The first kappa shape index (κ1) is 12.7. The van der Waals surface area contributed by atoms with E-state index in [2.05, 4.69) is 0 Å². The summed E-state index contributed by atoms with van der Waals surface area (Å²) in [6.45, 7) is -0.00884. The number of nitrogens with zero attached hydrogens (tertiary/aromatic N) is 1. The Balaban J connectivity index is 2.05. The quantitative estimate of drug-likeness (QED) is 0.471. The lowest BCUT2D eigenvalue weighted by Gasteiger charge is -2.04. The molecule has 0 aliphatic heterocycles. The van der Waals surface area contributed by atoms with E-state index in [1.165, 1.54) is 12.1 Å². The third-order valence-electron chi connectivity index (χ3n) is 2.30. The molecule has 0 radical (unpaired) electrons. The number of benzene rings is 1. The van der Waals surface area contributed by atoms with Crippen LogP contribution in [0.15, 0.2) is 34.7 Å². The Labute approximate surface area is 106 Å². The smallest absolute Gasteiger partial charge is 0.305 e. The van der Waals surface area contributed by atoms with Gasteiger partial charge < -0.3 is 9.15 Å². The third-order valence-corrected chi connectivity index (χ3v) is 2.30. The van der Waals surface area contributed by atoms with Crippen LogP contribution in [0, 0.1) is 15.9 Å². The number of carbonyl (C=O) groups is 1. The van der Waals surface area contributed by atoms with Gasteiger partial charge in [-0.15, -0.1) is 0 Å². The van der Waals surface area contributed by atoms with Crippen molar-refractivity contribution in [3.8, 4) is 5.75 Å². The number of furan rings is 1. The fraction of sp³-hybridized carbons (Fsp3) is 0.0833. The molecule has 0 spiro atoms. The lowest BCUT2D eigenvalue weighted by Crippen LogP contribution is -1.96. The van der Waals surface area contributed by atoms with Crippen molar-refractivity contribution in [2.75, 3.05) is 0 Å². The fourth-order valence-corrected chi connectivity index (χ4v) is 1.42. The number of aldehydes is 1. The van der Waals surface area contributed by atoms with Crippen molar-refractivity contribution in [2.45, 2.75) is 6.61 Å². The summed E-state index contributed by atoms with van der Waals surface area (Å²) < 4.78 is 23.5. The van der Waals surface area contributed by atoms with E-state index in [0.29, 0.717) is 12.0 Å². The zero-order valence-electron chi connectivity index (χ0n) is 9.54. The van der Waals surface area contributed by atoms with Gasteiger partial charge in [-0.3, -0.25) is 14.9 Å². The van der Waals surface area contributed by atoms with Crippen LogP contribution in [-0.4, -0.2) is 11.2 Å². The highest BCUT2D eigenvalue weighted by Crippen LogP contribution is 2.23. The van der Waals surface area contributed by atoms with Crippen LogP contribution in [0.2, 0.25) is 0 Å². The highest BCUT2D eigenvalue weighted by Gasteiger charge is 2.14. The SMILES string of the molecule is O=Cc1ccc(COc2ccc([N+](=O)[O-])c(F)c2)o1. The number of rotatable bonds is 5. The summed E-state index contributed by atoms with van der Waals surface area (Å²) in [5, 5.41) is 10.4. The van der Waals surface area contributed by atoms with E-state index in [-0.39, 0.29) is 18.1 Å². The zero-order chi connectivity index (χ0) is 13.8. The Bertz CT molecular complexity index is 622. The van der Waals surface area contributed by atoms with Crippen LogP contribution in [0.4, 0.5) is 10.1 Å². The van der Waals surface area contributed by atoms with Crippen LogP contribution >= 0.6 is 0 Å². The first-order valence-corrected chi connectivity index (χ1v) is 5.21. The summed E-state index contributed by atoms with van der Waals surface area (Å²) in [4.78, 5) is 20.0. The first-order valence-electron chi connectivity index (χ1n) is 5.21. The predicted molar refractivity (Wildman–Crippen MR) is 61.5 cm³/mol. The van der Waals surface area contributed by atoms with Crippen LogP contribution in [-0.2, 0) is 6.61 Å². The molecule has 1 aromatic heterocycles. The number of ether oxygens (including phenoxy) is 1. The second-order valence-corrected chi connectivity index (χ2v) is 3.58. The van der Waals surface area contributed by atoms with Crippen molar-refractivity contribution in [3.05, 3.63) is 57.8 Å². The van der Waals surface area contributed by atoms with Gasteiger partial charge in [-0.25, -0.2) is 0 Å². The Morgan fingerprint density at radius 2 is 2.16 bits per heavy atom. The van der Waals surface area contributed by atoms with Crippen molar-refractivity contribution in [1.82, 2.24) is 0 Å². The molecule has 1 aromatic carbocycles. The molecule has 7 heteroatoms. The van der Waals surface area contributed by atoms with Gasteiger partial charge in [0.15, 0.2) is 12.0 Å². The maximum absolute atomic E-state index is 13.3. The molecule has 19 heavy (non-hydrogen) atoms. The van der Waals surface area contributed by atoms with E-state index in [9.17, 15) is 19.3 Å². The van der Waals surface area contributed by atoms with Crippen LogP contribution in [0.3, 0.4) is 0 Å². The van der Waals surface area contributed by atoms with Crippen molar-refractivity contribution in [3.63, 3.8) is 0 Å². The molecule has 0 unspecified atom stereocenters. The van der Waals surface area contributed by atoms with Crippen molar-refractivity contribution in [2.24, 2.45) is 0 Å². The molecule has 0 aliphatic carbocycles. The number of halogens is 1. The Hall–Kier alpha value is -2.70. The summed E-state index contributed by atoms with van der Waals surface area (Å²) in [6, 6.07) is 6.24. The predicted octanol–water partition coefficient (Wildman–Crippen LogP) is 2.72. The lowest BCUT2D eigenvalue weighted by molar-refractivity contribution is -0.387. The van der Waals surface area contributed by atoms with E-state index in [4.69, 9.17) is 9.15 Å². The van der Waals surface area contributed by atoms with Crippen molar-refractivity contribution in [1.29, 1.82) is 0 Å². The molecular weight excluding hydrogens is 257 g/mol. The summed E-state index contributed by atoms with van der Waals surface area (Å²) in [5.41, 5.74) is -0.617. The number of hydrogen-bond acceptors (Lipinski definition) is 5. The summed E-state index contributed by atoms with van der Waals surface area (Å²) >= 11 is 0. The van der Waals surface area contributed by atoms with E-state index in [1.54, 1.807) is 6.07 Å². The largest absolute Gasteiger partial charge is 0.486 e. The van der Waals surface area contributed by atoms with Crippen molar-refractivity contribution >= 4 is 12.0 Å². The molecule has 0 aliphatic rings. The molecule has 0 fully saturated rings. The van der Waals surface area contributed by atoms with E-state index >= 15 is 0 Å². The van der Waals surface area contributed by atoms with Gasteiger partial charge in [-0.1, -0.05) is 0 Å². The molecule has 0 saturated carbocycles. The maximum atomic E-state index is 13.3. The highest BCUT2D eigenvalue weighted by atomic mass is 19.1. The van der Waals surface area contributed by atoms with Gasteiger partial charge in [-0.05, 0) is 18.2 Å². The topological polar surface area (TPSA) is 82.6 Å². The average molecular weight is 265 g/mol. The highest BCUT2D eigenvalue weighted by molar-refractivity contribution is 5.70. The molecule has 0 atom stereocenters. The van der Waals surface area contributed by atoms with Crippen LogP contribution in [0.1, 0.15) is 16.3 Å². The molecule has 98 valence electrons. The Kier molecular flexibility index (Phi) is 3.56. The van der Waals surface area contributed by atoms with Gasteiger partial charge in [0.1, 0.15) is 18.1 Å². The van der Waals surface area contributed by atoms with Crippen LogP contribution in [0.5, 0.6) is 5.75 Å². The Morgan fingerprint density at radius 1 is 1.37 bits per heavy atom. The van der Waals surface area contributed by atoms with Crippen molar-refractivity contribution < 1.29 is 23.3 Å². The van der Waals surface area contributed by atoms with Gasteiger partial charge in [0.25, 0.3) is 0 Å². The van der Waals surface area contributed by atoms with Gasteiger partial charge in [0.2, 0.25) is 5.82 Å². The molecule has 2 aromatic rings. The van der Waals surface area contributed by atoms with Crippen LogP contribution < -0.4 is 4.74 Å². The van der Waals surface area contributed by atoms with E-state index in [0.717, 1.165) is 12.1 Å². The Morgan fingerprint density at radius 3 is 2.74 bits per heavy atom. The molecule has 0 amide bonds. The maximum Gasteiger partial charge on any atom is 0.305 e. The first-order chi connectivity index (χ1) is 9.10. The van der Waals surface area contributed by atoms with Crippen LogP contribution in [0.25, 0.3) is 0 Å². The number of nitro benzene ring substituents is 1. The van der Waals surface area contributed by atoms with Gasteiger partial charge in [0, 0.05) is 12.1 Å². The molecule has 1 heterocycles. The normalized spacial score (nSPS) is 10.2. The van der Waals surface area contributed by atoms with Gasteiger partial charge in [-0.2, -0.15) is 4.39 Å². The third kappa shape index (κ3) is 2.95. The molecule has 0 bridgehead atoms. The molecule has 0 saturated heterocycles. The lowest BCUT2D eigenvalue weighted by atomic mass is 10.3. The molecule has 2 rings (SSSR count). The van der Waals surface area contributed by atoms with E-state index < -0.39 is 16.4 Å². The summed E-state index contributed by atoms with van der Waals surface area (Å²) in [5.74, 6) is -0.294. The number of nitro groups is 1. The van der Waals surface area contributed by atoms with E-state index in [1.807, 2.05) is 0 Å². The number of carbonyl (C=O) groups excluding carboxylic acids is 1. The summed E-state index contributed by atoms with van der Waals surface area (Å²) in [6.07, 6.45) is 0.551. The number of hydrogen-bond donors (Lipinski definition) is 0. The standard InChI is InChI=1S/C12H8FNO5/c13-11-5-8(3-4-12(11)14(16)17)18-7-10-2-1-9(6-15)19-10/h1-6H,7H2. The zero-order valence-corrected chi connectivity index (χ0v) is 9.54. The van der Waals surface area contributed by atoms with Gasteiger partial charge in [0.05, 0.1) is 4.92 Å². The monoisotopic (exact) mass is 265 g/mol. The summed E-state index contributed by atoms with van der Waals surface area (Å²) in [7, 11) is 0. The minimum Gasteiger partial charge on any atom is -0.486 e. The minimum absolute atomic E-state index is 0.00884. The molecular formula is C12H8FNO5.